The molecule has 0 aromatic heterocycles. The molecule has 0 aliphatic rings. The van der Waals surface area contributed by atoms with Crippen molar-refractivity contribution in [3.8, 4) is 0 Å². The lowest BCUT2D eigenvalue weighted by atomic mass is 10.1. The van der Waals surface area contributed by atoms with Gasteiger partial charge in [-0.25, -0.2) is 8.78 Å². The number of aryl methyl sites for hydroxylation is 1. The van der Waals surface area contributed by atoms with E-state index in [1.165, 1.54) is 25.0 Å². The molecule has 0 atom stereocenters. The Labute approximate surface area is 84.0 Å². The summed E-state index contributed by atoms with van der Waals surface area (Å²) in [5, 5.41) is 0. The molecule has 78 valence electrons. The van der Waals surface area contributed by atoms with E-state index in [9.17, 15) is 8.78 Å². The molecule has 1 aromatic carbocycles. The van der Waals surface area contributed by atoms with Crippen LogP contribution >= 0.6 is 0 Å². The minimum absolute atomic E-state index is 0.476. The molecule has 0 aliphatic heterocycles. The summed E-state index contributed by atoms with van der Waals surface area (Å²) < 4.78 is 25.5. The Morgan fingerprint density at radius 2 is 1.57 bits per heavy atom. The Balaban J connectivity index is 2.42. The molecule has 0 saturated carbocycles. The Kier molecular flexibility index (Phi) is 4.57. The van der Waals surface area contributed by atoms with E-state index in [1.807, 2.05) is 0 Å². The maximum absolute atomic E-state index is 12.8. The van der Waals surface area contributed by atoms with Gasteiger partial charge < -0.3 is 0 Å². The van der Waals surface area contributed by atoms with Gasteiger partial charge in [0.2, 0.25) is 0 Å². The predicted octanol–water partition coefficient (Wildman–Crippen LogP) is 4.09. The van der Waals surface area contributed by atoms with Crippen molar-refractivity contribution in [2.75, 3.05) is 0 Å². The maximum Gasteiger partial charge on any atom is 0.126 e. The lowest BCUT2D eigenvalue weighted by Gasteiger charge is -2.01. The minimum Gasteiger partial charge on any atom is -0.207 e. The van der Waals surface area contributed by atoms with Crippen molar-refractivity contribution < 1.29 is 8.78 Å². The van der Waals surface area contributed by atoms with E-state index in [4.69, 9.17) is 0 Å². The van der Waals surface area contributed by atoms with Crippen LogP contribution in [0.15, 0.2) is 18.2 Å². The van der Waals surface area contributed by atoms with Crippen molar-refractivity contribution in [2.45, 2.75) is 39.0 Å². The van der Waals surface area contributed by atoms with Crippen LogP contribution in [0.3, 0.4) is 0 Å². The normalized spacial score (nSPS) is 10.5. The number of rotatable bonds is 5. The van der Waals surface area contributed by atoms with E-state index in [2.05, 4.69) is 6.92 Å². The third kappa shape index (κ3) is 3.86. The molecule has 1 aromatic rings. The van der Waals surface area contributed by atoms with Gasteiger partial charge in [0, 0.05) is 6.07 Å². The smallest absolute Gasteiger partial charge is 0.126 e. The second-order valence-corrected chi connectivity index (χ2v) is 3.59. The van der Waals surface area contributed by atoms with Crippen molar-refractivity contribution in [3.63, 3.8) is 0 Å². The minimum atomic E-state index is -0.476. The van der Waals surface area contributed by atoms with Gasteiger partial charge in [-0.1, -0.05) is 26.2 Å². The highest BCUT2D eigenvalue weighted by atomic mass is 19.1. The van der Waals surface area contributed by atoms with Crippen molar-refractivity contribution in [3.05, 3.63) is 35.4 Å². The van der Waals surface area contributed by atoms with Crippen LogP contribution in [0, 0.1) is 11.6 Å². The summed E-state index contributed by atoms with van der Waals surface area (Å²) >= 11 is 0. The van der Waals surface area contributed by atoms with Gasteiger partial charge in [-0.3, -0.25) is 0 Å². The number of hydrogen-bond acceptors (Lipinski definition) is 0. The van der Waals surface area contributed by atoms with Gasteiger partial charge in [0.15, 0.2) is 0 Å². The van der Waals surface area contributed by atoms with Gasteiger partial charge in [0.1, 0.15) is 11.6 Å². The number of hydrogen-bond donors (Lipinski definition) is 0. The van der Waals surface area contributed by atoms with Crippen molar-refractivity contribution in [2.24, 2.45) is 0 Å². The largest absolute Gasteiger partial charge is 0.207 e. The first-order valence-corrected chi connectivity index (χ1v) is 5.17. The average molecular weight is 198 g/mol. The molecular formula is C12H16F2. The lowest BCUT2D eigenvalue weighted by molar-refractivity contribution is 0.576. The topological polar surface area (TPSA) is 0 Å². The van der Waals surface area contributed by atoms with Crippen LogP contribution in [0.5, 0.6) is 0 Å². The molecule has 0 amide bonds. The third-order valence-corrected chi connectivity index (χ3v) is 2.24. The second-order valence-electron chi connectivity index (χ2n) is 3.59. The molecule has 0 nitrogen and oxygen atoms in total. The quantitative estimate of drug-likeness (QED) is 0.625. The number of halogens is 2. The summed E-state index contributed by atoms with van der Waals surface area (Å²) in [7, 11) is 0. The molecule has 0 fully saturated rings. The molecule has 0 spiro atoms. The maximum atomic E-state index is 12.8. The van der Waals surface area contributed by atoms with E-state index < -0.39 is 11.6 Å². The lowest BCUT2D eigenvalue weighted by Crippen LogP contribution is -1.89. The molecule has 0 unspecified atom stereocenters. The van der Waals surface area contributed by atoms with Crippen LogP contribution in [-0.4, -0.2) is 0 Å². The van der Waals surface area contributed by atoms with Crippen molar-refractivity contribution in [1.29, 1.82) is 0 Å². The molecule has 0 bridgehead atoms. The fourth-order valence-corrected chi connectivity index (χ4v) is 1.51. The van der Waals surface area contributed by atoms with E-state index in [0.29, 0.717) is 0 Å². The Morgan fingerprint density at radius 3 is 2.14 bits per heavy atom. The van der Waals surface area contributed by atoms with Crippen LogP contribution in [0.4, 0.5) is 8.78 Å². The fourth-order valence-electron chi connectivity index (χ4n) is 1.51. The fraction of sp³-hybridized carbons (Fsp3) is 0.500. The number of benzene rings is 1. The van der Waals surface area contributed by atoms with Gasteiger partial charge in [-0.05, 0) is 30.5 Å². The molecular weight excluding hydrogens is 182 g/mol. The Bertz CT molecular complexity index is 261. The molecule has 0 saturated heterocycles. The first-order valence-electron chi connectivity index (χ1n) is 5.17. The Hall–Kier alpha value is -0.920. The second kappa shape index (κ2) is 5.74. The molecule has 1 rings (SSSR count). The zero-order chi connectivity index (χ0) is 10.4. The van der Waals surface area contributed by atoms with E-state index in [1.54, 1.807) is 0 Å². The van der Waals surface area contributed by atoms with E-state index >= 15 is 0 Å². The highest BCUT2D eigenvalue weighted by molar-refractivity contribution is 5.17. The van der Waals surface area contributed by atoms with E-state index in [0.717, 1.165) is 30.9 Å². The molecule has 0 N–H and O–H groups in total. The molecule has 0 aliphatic carbocycles. The zero-order valence-corrected chi connectivity index (χ0v) is 8.52. The van der Waals surface area contributed by atoms with Gasteiger partial charge in [0.05, 0.1) is 0 Å². The van der Waals surface area contributed by atoms with Crippen LogP contribution in [0.25, 0.3) is 0 Å². The van der Waals surface area contributed by atoms with Gasteiger partial charge >= 0.3 is 0 Å². The summed E-state index contributed by atoms with van der Waals surface area (Å²) in [6.07, 6.45) is 5.29. The average Bonchev–Trinajstić information content (AvgIpc) is 2.11. The summed E-state index contributed by atoms with van der Waals surface area (Å²) in [6.45, 7) is 2.14. The van der Waals surface area contributed by atoms with Crippen LogP contribution in [0.1, 0.15) is 38.2 Å². The third-order valence-electron chi connectivity index (χ3n) is 2.24. The van der Waals surface area contributed by atoms with E-state index in [-0.39, 0.29) is 0 Å². The first kappa shape index (κ1) is 11.2. The SMILES string of the molecule is CCCCCCc1cc(F)cc(F)c1. The summed E-state index contributed by atoms with van der Waals surface area (Å²) in [5.41, 5.74) is 0.763. The van der Waals surface area contributed by atoms with Crippen LogP contribution in [-0.2, 0) is 6.42 Å². The van der Waals surface area contributed by atoms with Crippen molar-refractivity contribution in [1.82, 2.24) is 0 Å². The summed E-state index contributed by atoms with van der Waals surface area (Å²) in [4.78, 5) is 0. The molecule has 2 heteroatoms. The first-order chi connectivity index (χ1) is 6.72. The van der Waals surface area contributed by atoms with Gasteiger partial charge in [-0.2, -0.15) is 0 Å². The predicted molar refractivity (Wildman–Crippen MR) is 54.2 cm³/mol. The van der Waals surface area contributed by atoms with Gasteiger partial charge in [0.25, 0.3) is 0 Å². The molecule has 0 radical (unpaired) electrons. The monoisotopic (exact) mass is 198 g/mol. The highest BCUT2D eigenvalue weighted by Crippen LogP contribution is 2.11. The van der Waals surface area contributed by atoms with Crippen LogP contribution in [0.2, 0.25) is 0 Å². The standard InChI is InChI=1S/C12H16F2/c1-2-3-4-5-6-10-7-11(13)9-12(14)8-10/h7-9H,2-6H2,1H3. The summed E-state index contributed by atoms with van der Waals surface area (Å²) in [5.74, 6) is -0.953. The van der Waals surface area contributed by atoms with Gasteiger partial charge in [-0.15, -0.1) is 0 Å². The highest BCUT2D eigenvalue weighted by Gasteiger charge is 1.99. The van der Waals surface area contributed by atoms with Crippen LogP contribution < -0.4 is 0 Å². The zero-order valence-electron chi connectivity index (χ0n) is 8.52. The Morgan fingerprint density at radius 1 is 0.929 bits per heavy atom. The number of unbranched alkanes of at least 4 members (excludes halogenated alkanes) is 3. The van der Waals surface area contributed by atoms with Crippen molar-refractivity contribution >= 4 is 0 Å². The summed E-state index contributed by atoms with van der Waals surface area (Å²) in [6, 6.07) is 3.74. The molecule has 0 heterocycles. The molecule has 14 heavy (non-hydrogen) atoms.